The molecule has 0 aliphatic rings. The summed E-state index contributed by atoms with van der Waals surface area (Å²) in [7, 11) is 1.54. The van der Waals surface area contributed by atoms with Gasteiger partial charge in [-0.15, -0.1) is 11.3 Å². The van der Waals surface area contributed by atoms with Crippen LogP contribution >= 0.6 is 27.3 Å². The molecule has 0 saturated heterocycles. The number of nitrogens with zero attached hydrogens (tertiary/aromatic N) is 1. The Morgan fingerprint density at radius 1 is 1.24 bits per heavy atom. The first kappa shape index (κ1) is 16.1. The second kappa shape index (κ2) is 6.65. The quantitative estimate of drug-likeness (QED) is 0.795. The average Bonchev–Trinajstić information content (AvgIpc) is 2.83. The number of nitrogens with one attached hydrogen (secondary N) is 2. The highest BCUT2D eigenvalue weighted by Crippen LogP contribution is 2.32. The van der Waals surface area contributed by atoms with E-state index in [-0.39, 0.29) is 11.6 Å². The first-order valence-corrected chi connectivity index (χ1v) is 7.74. The van der Waals surface area contributed by atoms with Crippen LogP contribution in [0.25, 0.3) is 0 Å². The highest BCUT2D eigenvalue weighted by molar-refractivity contribution is 9.11. The lowest BCUT2D eigenvalue weighted by Crippen LogP contribution is -2.11. The van der Waals surface area contributed by atoms with Crippen LogP contribution in [0, 0.1) is 0 Å². The van der Waals surface area contributed by atoms with Gasteiger partial charge in [0.2, 0.25) is 0 Å². The van der Waals surface area contributed by atoms with Crippen molar-refractivity contribution < 1.29 is 13.2 Å². The zero-order valence-corrected chi connectivity index (χ0v) is 13.5. The molecule has 0 saturated carbocycles. The molecule has 0 aliphatic heterocycles. The lowest BCUT2D eigenvalue weighted by molar-refractivity contribution is -0.137. The number of rotatable bonds is 5. The molecule has 0 aromatic carbocycles. The van der Waals surface area contributed by atoms with Crippen molar-refractivity contribution in [2.45, 2.75) is 12.6 Å². The fourth-order valence-corrected chi connectivity index (χ4v) is 3.20. The van der Waals surface area contributed by atoms with E-state index >= 15 is 0 Å². The minimum Gasteiger partial charge on any atom is -0.373 e. The fourth-order valence-electron chi connectivity index (χ4n) is 1.71. The standard InChI is InChI=1S/C13H13BrF3N3S/c1-18-11-6-8(13(15,16)17)7-12(20-11)19-5-4-9-2-3-10(14)21-9/h2-3,6-7H,4-5H2,1H3,(H2,18,19,20). The number of pyridine rings is 1. The van der Waals surface area contributed by atoms with Crippen molar-refractivity contribution >= 4 is 38.9 Å². The van der Waals surface area contributed by atoms with E-state index < -0.39 is 11.7 Å². The lowest BCUT2D eigenvalue weighted by Gasteiger charge is -2.12. The Morgan fingerprint density at radius 3 is 2.52 bits per heavy atom. The van der Waals surface area contributed by atoms with E-state index in [4.69, 9.17) is 0 Å². The van der Waals surface area contributed by atoms with Gasteiger partial charge in [-0.3, -0.25) is 0 Å². The molecule has 0 unspecified atom stereocenters. The van der Waals surface area contributed by atoms with Crippen LogP contribution in [0.1, 0.15) is 10.4 Å². The molecule has 0 bridgehead atoms. The average molecular weight is 380 g/mol. The Hall–Kier alpha value is -1.28. The topological polar surface area (TPSA) is 37.0 Å². The molecule has 21 heavy (non-hydrogen) atoms. The number of thiophene rings is 1. The van der Waals surface area contributed by atoms with Crippen LogP contribution in [0.15, 0.2) is 28.1 Å². The predicted molar refractivity (Wildman–Crippen MR) is 83.0 cm³/mol. The Bertz CT molecular complexity index is 613. The van der Waals surface area contributed by atoms with Crippen molar-refractivity contribution in [2.75, 3.05) is 24.2 Å². The Balaban J connectivity index is 2.05. The van der Waals surface area contributed by atoms with Gasteiger partial charge < -0.3 is 10.6 Å². The molecular formula is C13H13BrF3N3S. The molecule has 0 radical (unpaired) electrons. The Morgan fingerprint density at radius 2 is 1.95 bits per heavy atom. The van der Waals surface area contributed by atoms with Gasteiger partial charge in [-0.25, -0.2) is 4.98 Å². The molecule has 0 fully saturated rings. The summed E-state index contributed by atoms with van der Waals surface area (Å²) in [5.41, 5.74) is -0.719. The molecular weight excluding hydrogens is 367 g/mol. The summed E-state index contributed by atoms with van der Waals surface area (Å²) in [6, 6.07) is 5.93. The van der Waals surface area contributed by atoms with E-state index in [0.29, 0.717) is 6.54 Å². The molecule has 2 heterocycles. The summed E-state index contributed by atoms with van der Waals surface area (Å²) in [6.45, 7) is 0.518. The first-order chi connectivity index (χ1) is 9.88. The molecule has 0 atom stereocenters. The SMILES string of the molecule is CNc1cc(C(F)(F)F)cc(NCCc2ccc(Br)s2)n1. The Kier molecular flexibility index (Phi) is 5.10. The van der Waals surface area contributed by atoms with Gasteiger partial charge in [-0.2, -0.15) is 13.2 Å². The van der Waals surface area contributed by atoms with Crippen molar-refractivity contribution in [3.63, 3.8) is 0 Å². The smallest absolute Gasteiger partial charge is 0.373 e. The number of alkyl halides is 3. The van der Waals surface area contributed by atoms with Crippen LogP contribution in [-0.2, 0) is 12.6 Å². The van der Waals surface area contributed by atoms with Crippen LogP contribution in [0.5, 0.6) is 0 Å². The van der Waals surface area contributed by atoms with E-state index in [2.05, 4.69) is 31.5 Å². The molecule has 8 heteroatoms. The van der Waals surface area contributed by atoms with Crippen molar-refractivity contribution in [3.05, 3.63) is 38.5 Å². The number of halogens is 4. The summed E-state index contributed by atoms with van der Waals surface area (Å²) in [4.78, 5) is 5.22. The highest BCUT2D eigenvalue weighted by atomic mass is 79.9. The molecule has 2 aromatic rings. The second-order valence-electron chi connectivity index (χ2n) is 4.26. The summed E-state index contributed by atoms with van der Waals surface area (Å²) in [5.74, 6) is 0.399. The normalized spacial score (nSPS) is 11.5. The summed E-state index contributed by atoms with van der Waals surface area (Å²) in [5, 5.41) is 5.57. The predicted octanol–water partition coefficient (Wildman–Crippen LogP) is 4.62. The zero-order chi connectivity index (χ0) is 15.5. The van der Waals surface area contributed by atoms with Crippen molar-refractivity contribution in [2.24, 2.45) is 0 Å². The fraction of sp³-hybridized carbons (Fsp3) is 0.308. The van der Waals surface area contributed by atoms with Gasteiger partial charge in [0.05, 0.1) is 9.35 Å². The van der Waals surface area contributed by atoms with Gasteiger partial charge in [-0.1, -0.05) is 0 Å². The van der Waals surface area contributed by atoms with Crippen LogP contribution in [0.2, 0.25) is 0 Å². The summed E-state index contributed by atoms with van der Waals surface area (Å²) in [6.07, 6.45) is -3.66. The third-order valence-corrected chi connectivity index (χ3v) is 4.40. The van der Waals surface area contributed by atoms with Gasteiger partial charge >= 0.3 is 6.18 Å². The molecule has 0 spiro atoms. The van der Waals surface area contributed by atoms with Gasteiger partial charge in [0.15, 0.2) is 0 Å². The molecule has 0 amide bonds. The number of aromatic nitrogens is 1. The van der Waals surface area contributed by atoms with Crippen LogP contribution < -0.4 is 10.6 Å². The van der Waals surface area contributed by atoms with Gasteiger partial charge in [0.1, 0.15) is 11.6 Å². The monoisotopic (exact) mass is 379 g/mol. The van der Waals surface area contributed by atoms with Crippen LogP contribution in [-0.4, -0.2) is 18.6 Å². The number of anilines is 2. The molecule has 2 aromatic heterocycles. The van der Waals surface area contributed by atoms with E-state index in [1.807, 2.05) is 12.1 Å². The molecule has 2 N–H and O–H groups in total. The van der Waals surface area contributed by atoms with Crippen molar-refractivity contribution in [1.82, 2.24) is 4.98 Å². The third kappa shape index (κ3) is 4.60. The zero-order valence-electron chi connectivity index (χ0n) is 11.1. The maximum Gasteiger partial charge on any atom is 0.416 e. The van der Waals surface area contributed by atoms with Crippen molar-refractivity contribution in [1.29, 1.82) is 0 Å². The summed E-state index contributed by atoms with van der Waals surface area (Å²) < 4.78 is 39.4. The molecule has 2 rings (SSSR count). The number of hydrogen-bond acceptors (Lipinski definition) is 4. The van der Waals surface area contributed by atoms with Crippen LogP contribution in [0.3, 0.4) is 0 Å². The van der Waals surface area contributed by atoms with Gasteiger partial charge in [-0.05, 0) is 46.6 Å². The molecule has 114 valence electrons. The van der Waals surface area contributed by atoms with E-state index in [0.717, 1.165) is 27.2 Å². The maximum atomic E-state index is 12.8. The summed E-state index contributed by atoms with van der Waals surface area (Å²) >= 11 is 4.97. The van der Waals surface area contributed by atoms with Gasteiger partial charge in [0.25, 0.3) is 0 Å². The molecule has 0 aliphatic carbocycles. The minimum atomic E-state index is -4.39. The molecule has 3 nitrogen and oxygen atoms in total. The third-order valence-electron chi connectivity index (χ3n) is 2.72. The minimum absolute atomic E-state index is 0.186. The van der Waals surface area contributed by atoms with Gasteiger partial charge in [0, 0.05) is 18.5 Å². The second-order valence-corrected chi connectivity index (χ2v) is 6.80. The first-order valence-electron chi connectivity index (χ1n) is 6.13. The van der Waals surface area contributed by atoms with Crippen molar-refractivity contribution in [3.8, 4) is 0 Å². The largest absolute Gasteiger partial charge is 0.416 e. The maximum absolute atomic E-state index is 12.8. The van der Waals surface area contributed by atoms with Crippen LogP contribution in [0.4, 0.5) is 24.8 Å². The highest BCUT2D eigenvalue weighted by Gasteiger charge is 2.31. The lowest BCUT2D eigenvalue weighted by atomic mass is 10.2. The number of hydrogen-bond donors (Lipinski definition) is 2. The Labute approximate surface area is 132 Å². The van der Waals surface area contributed by atoms with E-state index in [1.165, 1.54) is 7.05 Å². The van der Waals surface area contributed by atoms with E-state index in [9.17, 15) is 13.2 Å². The van der Waals surface area contributed by atoms with E-state index in [1.54, 1.807) is 11.3 Å².